The van der Waals surface area contributed by atoms with Crippen molar-refractivity contribution in [2.24, 2.45) is 5.92 Å². The molecule has 1 aliphatic carbocycles. The van der Waals surface area contributed by atoms with E-state index in [-0.39, 0.29) is 23.4 Å². The molecule has 1 aliphatic rings. The molecule has 6 heteroatoms. The number of benzene rings is 1. The Morgan fingerprint density at radius 1 is 1.07 bits per heavy atom. The number of aromatic amines is 1. The number of H-pyrrole nitrogens is 1. The van der Waals surface area contributed by atoms with E-state index in [4.69, 9.17) is 0 Å². The fraction of sp³-hybridized carbons (Fsp3) is 0.333. The summed E-state index contributed by atoms with van der Waals surface area (Å²) in [5, 5.41) is 3.22. The predicted molar refractivity (Wildman–Crippen MR) is 116 cm³/mol. The van der Waals surface area contributed by atoms with E-state index in [0.717, 1.165) is 31.2 Å². The molecule has 1 atom stereocenters. The van der Waals surface area contributed by atoms with E-state index in [2.05, 4.69) is 20.3 Å². The highest BCUT2D eigenvalue weighted by atomic mass is 16.2. The third kappa shape index (κ3) is 5.00. The summed E-state index contributed by atoms with van der Waals surface area (Å²) < 4.78 is 0. The molecule has 0 bridgehead atoms. The molecule has 0 spiro atoms. The second kappa shape index (κ2) is 9.48. The molecule has 6 nitrogen and oxygen atoms in total. The molecule has 154 valence electrons. The number of carbonyl (C=O) groups is 1. The normalized spacial score (nSPS) is 15.5. The molecular weight excluding hydrogens is 376 g/mol. The van der Waals surface area contributed by atoms with Gasteiger partial charge in [-0.15, -0.1) is 0 Å². The third-order valence-electron chi connectivity index (χ3n) is 5.61. The van der Waals surface area contributed by atoms with Crippen molar-refractivity contribution < 1.29 is 4.79 Å². The lowest BCUT2D eigenvalue weighted by atomic mass is 9.88. The maximum atomic E-state index is 12.9. The summed E-state index contributed by atoms with van der Waals surface area (Å²) in [5.41, 5.74) is 2.00. The number of hydrogen-bond acceptors (Lipinski definition) is 4. The molecule has 1 saturated carbocycles. The fourth-order valence-electron chi connectivity index (χ4n) is 4.04. The fourth-order valence-corrected chi connectivity index (χ4v) is 4.04. The number of nitrogens with one attached hydrogen (secondary N) is 2. The van der Waals surface area contributed by atoms with Crippen LogP contribution in [0.15, 0.2) is 65.6 Å². The van der Waals surface area contributed by atoms with Crippen LogP contribution in [0.1, 0.15) is 49.4 Å². The van der Waals surface area contributed by atoms with Crippen molar-refractivity contribution in [1.29, 1.82) is 0 Å². The van der Waals surface area contributed by atoms with E-state index in [1.807, 2.05) is 48.5 Å². The van der Waals surface area contributed by atoms with Gasteiger partial charge >= 0.3 is 0 Å². The number of aromatic nitrogens is 3. The monoisotopic (exact) mass is 402 g/mol. The summed E-state index contributed by atoms with van der Waals surface area (Å²) in [5.74, 6) is 0.600. The maximum absolute atomic E-state index is 12.9. The summed E-state index contributed by atoms with van der Waals surface area (Å²) in [4.78, 5) is 36.8. The number of pyridine rings is 1. The van der Waals surface area contributed by atoms with Gasteiger partial charge in [0.1, 0.15) is 5.69 Å². The zero-order valence-electron chi connectivity index (χ0n) is 16.9. The van der Waals surface area contributed by atoms with E-state index in [1.54, 1.807) is 6.20 Å². The standard InChI is InChI=1S/C24H26N4O2/c29-22-16-19(26-23(28-22)20-13-7-8-14-25-20)15-21(17-9-3-1-4-10-17)27-24(30)18-11-5-2-6-12-18/h1,3-4,7-10,13-14,16,18,21H,2,5-6,11-12,15H2,(H,27,30)(H,26,28,29). The molecule has 0 radical (unpaired) electrons. The molecule has 1 aromatic carbocycles. The zero-order valence-corrected chi connectivity index (χ0v) is 16.9. The van der Waals surface area contributed by atoms with E-state index >= 15 is 0 Å². The SMILES string of the molecule is O=C(NC(Cc1cc(=O)[nH]c(-c2ccccn2)n1)c1ccccc1)C1CCCCC1. The quantitative estimate of drug-likeness (QED) is 0.656. The Kier molecular flexibility index (Phi) is 6.32. The van der Waals surface area contributed by atoms with Crippen LogP contribution in [0, 0.1) is 5.92 Å². The zero-order chi connectivity index (χ0) is 20.8. The van der Waals surface area contributed by atoms with Gasteiger partial charge in [0.25, 0.3) is 5.56 Å². The van der Waals surface area contributed by atoms with Crippen LogP contribution in [0.3, 0.4) is 0 Å². The van der Waals surface area contributed by atoms with Gasteiger partial charge in [0.2, 0.25) is 5.91 Å². The molecule has 1 amide bonds. The number of amides is 1. The van der Waals surface area contributed by atoms with Gasteiger partial charge in [0.05, 0.1) is 11.7 Å². The number of rotatable bonds is 6. The first-order chi connectivity index (χ1) is 14.7. The van der Waals surface area contributed by atoms with Crippen molar-refractivity contribution in [2.75, 3.05) is 0 Å². The van der Waals surface area contributed by atoms with Crippen LogP contribution < -0.4 is 10.9 Å². The second-order valence-corrected chi connectivity index (χ2v) is 7.81. The van der Waals surface area contributed by atoms with E-state index in [9.17, 15) is 9.59 Å². The molecule has 1 fully saturated rings. The highest BCUT2D eigenvalue weighted by molar-refractivity contribution is 5.79. The molecule has 2 N–H and O–H groups in total. The lowest BCUT2D eigenvalue weighted by Gasteiger charge is -2.25. The topological polar surface area (TPSA) is 87.7 Å². The van der Waals surface area contributed by atoms with E-state index in [1.165, 1.54) is 12.5 Å². The summed E-state index contributed by atoms with van der Waals surface area (Å²) in [6.07, 6.45) is 7.42. The summed E-state index contributed by atoms with van der Waals surface area (Å²) >= 11 is 0. The average Bonchev–Trinajstić information content (AvgIpc) is 2.80. The Morgan fingerprint density at radius 3 is 2.57 bits per heavy atom. The van der Waals surface area contributed by atoms with Gasteiger partial charge in [0.15, 0.2) is 5.82 Å². The lowest BCUT2D eigenvalue weighted by molar-refractivity contribution is -0.126. The Bertz CT molecular complexity index is 1030. The molecule has 2 heterocycles. The highest BCUT2D eigenvalue weighted by Gasteiger charge is 2.24. The molecule has 4 rings (SSSR count). The van der Waals surface area contributed by atoms with E-state index < -0.39 is 0 Å². The van der Waals surface area contributed by atoms with Gasteiger partial charge in [-0.3, -0.25) is 14.6 Å². The second-order valence-electron chi connectivity index (χ2n) is 7.81. The largest absolute Gasteiger partial charge is 0.349 e. The lowest BCUT2D eigenvalue weighted by Crippen LogP contribution is -2.36. The highest BCUT2D eigenvalue weighted by Crippen LogP contribution is 2.26. The van der Waals surface area contributed by atoms with Crippen molar-refractivity contribution >= 4 is 5.91 Å². The smallest absolute Gasteiger partial charge is 0.251 e. The predicted octanol–water partition coefficient (Wildman–Crippen LogP) is 3.81. The first-order valence-electron chi connectivity index (χ1n) is 10.6. The Labute approximate surface area is 175 Å². The van der Waals surface area contributed by atoms with Gasteiger partial charge < -0.3 is 10.3 Å². The Balaban J connectivity index is 1.59. The van der Waals surface area contributed by atoms with E-state index in [0.29, 0.717) is 23.6 Å². The van der Waals surface area contributed by atoms with Gasteiger partial charge in [-0.1, -0.05) is 55.7 Å². The van der Waals surface area contributed by atoms with Crippen LogP contribution >= 0.6 is 0 Å². The van der Waals surface area contributed by atoms with Gasteiger partial charge in [-0.05, 0) is 30.5 Å². The minimum Gasteiger partial charge on any atom is -0.349 e. The van der Waals surface area contributed by atoms with Crippen LogP contribution in [-0.4, -0.2) is 20.9 Å². The molecular formula is C24H26N4O2. The molecule has 30 heavy (non-hydrogen) atoms. The van der Waals surface area contributed by atoms with Crippen molar-refractivity contribution in [3.63, 3.8) is 0 Å². The van der Waals surface area contributed by atoms with Crippen molar-refractivity contribution in [3.05, 3.63) is 82.4 Å². The maximum Gasteiger partial charge on any atom is 0.251 e. The van der Waals surface area contributed by atoms with Crippen LogP contribution in [0.25, 0.3) is 11.5 Å². The first kappa shape index (κ1) is 20.0. The van der Waals surface area contributed by atoms with Crippen molar-refractivity contribution in [1.82, 2.24) is 20.3 Å². The molecule has 3 aromatic rings. The van der Waals surface area contributed by atoms with Crippen LogP contribution in [0.5, 0.6) is 0 Å². The third-order valence-corrected chi connectivity index (χ3v) is 5.61. The minimum absolute atomic E-state index is 0.0705. The van der Waals surface area contributed by atoms with Crippen LogP contribution in [0.2, 0.25) is 0 Å². The molecule has 0 aliphatic heterocycles. The first-order valence-corrected chi connectivity index (χ1v) is 10.6. The minimum atomic E-state index is -0.244. The van der Waals surface area contributed by atoms with Crippen LogP contribution in [-0.2, 0) is 11.2 Å². The van der Waals surface area contributed by atoms with Gasteiger partial charge in [-0.25, -0.2) is 4.98 Å². The average molecular weight is 402 g/mol. The molecule has 2 aromatic heterocycles. The van der Waals surface area contributed by atoms with Gasteiger partial charge in [0, 0.05) is 24.6 Å². The number of hydrogen-bond donors (Lipinski definition) is 2. The van der Waals surface area contributed by atoms with Crippen molar-refractivity contribution in [3.8, 4) is 11.5 Å². The number of nitrogens with zero attached hydrogens (tertiary/aromatic N) is 2. The van der Waals surface area contributed by atoms with Crippen LogP contribution in [0.4, 0.5) is 0 Å². The van der Waals surface area contributed by atoms with Crippen molar-refractivity contribution in [2.45, 2.75) is 44.6 Å². The summed E-state index contributed by atoms with van der Waals surface area (Å²) in [7, 11) is 0. The molecule has 0 saturated heterocycles. The Morgan fingerprint density at radius 2 is 1.83 bits per heavy atom. The van der Waals surface area contributed by atoms with Gasteiger partial charge in [-0.2, -0.15) is 0 Å². The number of carbonyl (C=O) groups excluding carboxylic acids is 1. The summed E-state index contributed by atoms with van der Waals surface area (Å²) in [6.45, 7) is 0. The Hall–Kier alpha value is -3.28. The summed E-state index contributed by atoms with van der Waals surface area (Å²) in [6, 6.07) is 16.6. The molecule has 1 unspecified atom stereocenters.